The van der Waals surface area contributed by atoms with Gasteiger partial charge in [-0.3, -0.25) is 9.78 Å². The number of pyridine rings is 1. The predicted octanol–water partition coefficient (Wildman–Crippen LogP) is 7.62. The number of hydrogen-bond donors (Lipinski definition) is 2. The highest BCUT2D eigenvalue weighted by atomic mass is 32.1. The summed E-state index contributed by atoms with van der Waals surface area (Å²) in [6.07, 6.45) is 8.67. The van der Waals surface area contributed by atoms with Crippen molar-refractivity contribution in [2.45, 2.75) is 96.5 Å². The summed E-state index contributed by atoms with van der Waals surface area (Å²) in [5.74, 6) is 2.05. The maximum Gasteiger partial charge on any atom is 0.407 e. The lowest BCUT2D eigenvalue weighted by Gasteiger charge is -2.36. The van der Waals surface area contributed by atoms with Crippen LogP contribution in [0.5, 0.6) is 5.75 Å². The van der Waals surface area contributed by atoms with Gasteiger partial charge in [0.1, 0.15) is 11.9 Å². The number of aromatic nitrogens is 2. The molecule has 1 aromatic carbocycles. The van der Waals surface area contributed by atoms with E-state index in [-0.39, 0.29) is 24.5 Å². The van der Waals surface area contributed by atoms with Crippen LogP contribution in [0.4, 0.5) is 10.5 Å². The maximum atomic E-state index is 14.4. The van der Waals surface area contributed by atoms with Crippen molar-refractivity contribution >= 4 is 29.0 Å². The fourth-order valence-corrected chi connectivity index (χ4v) is 7.77. The second-order valence-corrected chi connectivity index (χ2v) is 14.4. The van der Waals surface area contributed by atoms with Crippen LogP contribution in [-0.4, -0.2) is 60.0 Å². The number of nitrogens with one attached hydrogen (secondary N) is 1. The van der Waals surface area contributed by atoms with Crippen molar-refractivity contribution in [3.05, 3.63) is 59.0 Å². The van der Waals surface area contributed by atoms with E-state index in [4.69, 9.17) is 19.6 Å². The van der Waals surface area contributed by atoms with Gasteiger partial charge < -0.3 is 24.8 Å². The molecular weight excluding hydrogens is 612 g/mol. The second-order valence-electron chi connectivity index (χ2n) is 13.3. The molecular formula is C37H50N4O5S. The molecule has 5 rings (SSSR count). The van der Waals surface area contributed by atoms with Gasteiger partial charge in [0.05, 0.1) is 22.7 Å². The third-order valence-corrected chi connectivity index (χ3v) is 11.0. The molecule has 254 valence electrons. The van der Waals surface area contributed by atoms with Gasteiger partial charge in [-0.15, -0.1) is 11.3 Å². The Morgan fingerprint density at radius 2 is 1.83 bits per heavy atom. The molecule has 2 heterocycles. The molecule has 2 aliphatic carbocycles. The summed E-state index contributed by atoms with van der Waals surface area (Å²) in [6.45, 7) is 7.41. The first-order valence-electron chi connectivity index (χ1n) is 17.2. The minimum absolute atomic E-state index is 0.0249. The van der Waals surface area contributed by atoms with Crippen molar-refractivity contribution < 1.29 is 24.2 Å². The molecule has 2 aliphatic rings. The maximum absolute atomic E-state index is 14.4. The monoisotopic (exact) mass is 662 g/mol. The summed E-state index contributed by atoms with van der Waals surface area (Å²) >= 11 is 1.71. The highest BCUT2D eigenvalue weighted by Crippen LogP contribution is 2.39. The second kappa shape index (κ2) is 16.6. The molecule has 2 N–H and O–H groups in total. The SMILES string of the molecule is COc1ccc(C2CCC(CN(C(=O)C3CCC(OC(=O)NCCCO)CC3)c3cccc(-c4cnc(C(C)C)s4)c3)CC2)nc1C. The summed E-state index contributed by atoms with van der Waals surface area (Å²) in [7, 11) is 1.68. The Hall–Kier alpha value is -3.50. The van der Waals surface area contributed by atoms with Gasteiger partial charge in [0.2, 0.25) is 5.91 Å². The molecule has 2 amide bonds. The fraction of sp³-hybridized carbons (Fsp3) is 0.568. The number of carbonyl (C=O) groups excluding carboxylic acids is 2. The van der Waals surface area contributed by atoms with Crippen molar-refractivity contribution in [3.8, 4) is 16.2 Å². The molecule has 0 spiro atoms. The summed E-state index contributed by atoms with van der Waals surface area (Å²) in [5, 5.41) is 12.8. The molecule has 2 saturated carbocycles. The number of carbonyl (C=O) groups is 2. The molecule has 0 atom stereocenters. The molecule has 0 aliphatic heterocycles. The lowest BCUT2D eigenvalue weighted by atomic mass is 9.79. The Labute approximate surface area is 283 Å². The van der Waals surface area contributed by atoms with E-state index in [9.17, 15) is 9.59 Å². The van der Waals surface area contributed by atoms with Crippen molar-refractivity contribution in [1.82, 2.24) is 15.3 Å². The molecule has 3 aromatic rings. The van der Waals surface area contributed by atoms with Gasteiger partial charge in [0, 0.05) is 55.0 Å². The number of alkyl carbamates (subject to hydrolysis) is 1. The summed E-state index contributed by atoms with van der Waals surface area (Å²) in [6, 6.07) is 12.5. The first-order valence-corrected chi connectivity index (χ1v) is 18.0. The third-order valence-electron chi connectivity index (χ3n) is 9.61. The Bertz CT molecular complexity index is 1480. The minimum atomic E-state index is -0.453. The number of anilines is 1. The zero-order chi connectivity index (χ0) is 33.3. The van der Waals surface area contributed by atoms with Crippen LogP contribution >= 0.6 is 11.3 Å². The lowest BCUT2D eigenvalue weighted by molar-refractivity contribution is -0.124. The molecule has 2 aromatic heterocycles. The van der Waals surface area contributed by atoms with Crippen LogP contribution in [0.2, 0.25) is 0 Å². The number of hydrogen-bond acceptors (Lipinski definition) is 8. The van der Waals surface area contributed by atoms with Gasteiger partial charge in [0.25, 0.3) is 0 Å². The quantitative estimate of drug-likeness (QED) is 0.192. The largest absolute Gasteiger partial charge is 0.495 e. The van der Waals surface area contributed by atoms with Crippen molar-refractivity contribution in [2.75, 3.05) is 31.7 Å². The van der Waals surface area contributed by atoms with Gasteiger partial charge in [-0.2, -0.15) is 0 Å². The number of ether oxygens (including phenoxy) is 2. The smallest absolute Gasteiger partial charge is 0.407 e. The predicted molar refractivity (Wildman–Crippen MR) is 186 cm³/mol. The topological polar surface area (TPSA) is 114 Å². The Kier molecular flexibility index (Phi) is 12.3. The van der Waals surface area contributed by atoms with E-state index in [0.29, 0.717) is 62.9 Å². The zero-order valence-electron chi connectivity index (χ0n) is 28.2. The number of thiazole rings is 1. The van der Waals surface area contributed by atoms with E-state index in [2.05, 4.69) is 54.5 Å². The average Bonchev–Trinajstić information content (AvgIpc) is 3.59. The van der Waals surface area contributed by atoms with Gasteiger partial charge in [0.15, 0.2) is 0 Å². The van der Waals surface area contributed by atoms with Crippen LogP contribution in [0.15, 0.2) is 42.6 Å². The highest BCUT2D eigenvalue weighted by Gasteiger charge is 2.34. The van der Waals surface area contributed by atoms with E-state index >= 15 is 0 Å². The zero-order valence-corrected chi connectivity index (χ0v) is 29.1. The summed E-state index contributed by atoms with van der Waals surface area (Å²) in [4.78, 5) is 39.1. The number of aliphatic hydroxyl groups is 1. The first kappa shape index (κ1) is 34.8. The number of nitrogens with zero attached hydrogens (tertiary/aromatic N) is 3. The molecule has 10 heteroatoms. The molecule has 0 radical (unpaired) electrons. The summed E-state index contributed by atoms with van der Waals surface area (Å²) < 4.78 is 11.0. The number of methoxy groups -OCH3 is 1. The van der Waals surface area contributed by atoms with Crippen LogP contribution in [0.1, 0.15) is 99.9 Å². The highest BCUT2D eigenvalue weighted by molar-refractivity contribution is 7.15. The van der Waals surface area contributed by atoms with Crippen LogP contribution in [0.3, 0.4) is 0 Å². The number of aliphatic hydroxyl groups excluding tert-OH is 1. The normalized spacial score (nSPS) is 21.3. The molecule has 0 saturated heterocycles. The van der Waals surface area contributed by atoms with E-state index in [0.717, 1.165) is 64.0 Å². The Morgan fingerprint density at radius 3 is 2.49 bits per heavy atom. The van der Waals surface area contributed by atoms with Gasteiger partial charge in [-0.1, -0.05) is 26.0 Å². The van der Waals surface area contributed by atoms with Crippen molar-refractivity contribution in [3.63, 3.8) is 0 Å². The summed E-state index contributed by atoms with van der Waals surface area (Å²) in [5.41, 5.74) is 4.07. The molecule has 47 heavy (non-hydrogen) atoms. The lowest BCUT2D eigenvalue weighted by Crippen LogP contribution is -2.42. The van der Waals surface area contributed by atoms with Crippen LogP contribution in [0, 0.1) is 18.8 Å². The third kappa shape index (κ3) is 9.11. The number of amides is 2. The molecule has 9 nitrogen and oxygen atoms in total. The number of benzene rings is 1. The first-order chi connectivity index (χ1) is 22.7. The molecule has 2 fully saturated rings. The molecule has 0 bridgehead atoms. The molecule has 0 unspecified atom stereocenters. The number of rotatable bonds is 12. The fourth-order valence-electron chi connectivity index (χ4n) is 6.86. The Morgan fingerprint density at radius 1 is 1.06 bits per heavy atom. The Balaban J connectivity index is 1.28. The van der Waals surface area contributed by atoms with Crippen molar-refractivity contribution in [1.29, 1.82) is 0 Å². The van der Waals surface area contributed by atoms with Crippen LogP contribution < -0.4 is 15.0 Å². The van der Waals surface area contributed by atoms with E-state index < -0.39 is 6.09 Å². The standard InChI is InChI=1S/C37H50N4O5S/c1-24(2)35-39-22-34(47-35)29-7-5-8-30(21-29)41(36(43)28-13-15-31(16-14-28)46-37(44)38-19-6-20-42)23-26-9-11-27(12-10-26)32-17-18-33(45-4)25(3)40-32/h5,7-8,17-18,21-22,24,26-28,31,42H,6,9-16,19-20,23H2,1-4H3,(H,38,44). The van der Waals surface area contributed by atoms with E-state index in [1.165, 1.54) is 0 Å². The minimum Gasteiger partial charge on any atom is -0.495 e. The van der Waals surface area contributed by atoms with Crippen LogP contribution in [-0.2, 0) is 9.53 Å². The number of aryl methyl sites for hydroxylation is 1. The van der Waals surface area contributed by atoms with E-state index in [1.54, 1.807) is 18.4 Å². The average molecular weight is 663 g/mol. The van der Waals surface area contributed by atoms with Gasteiger partial charge in [-0.05, 0) is 100 Å². The van der Waals surface area contributed by atoms with Crippen molar-refractivity contribution in [2.24, 2.45) is 11.8 Å². The van der Waals surface area contributed by atoms with E-state index in [1.807, 2.05) is 24.1 Å². The van der Waals surface area contributed by atoms with Gasteiger partial charge >= 0.3 is 6.09 Å². The van der Waals surface area contributed by atoms with Gasteiger partial charge in [-0.25, -0.2) is 9.78 Å². The van der Waals surface area contributed by atoms with Crippen LogP contribution in [0.25, 0.3) is 10.4 Å².